The standard InChI is InChI=1S/C14H20O4S/c1-2-3-7-10-19(17,18)13(14(15)16)11-12-8-5-4-6-9-12/h4-6,8-9,13H,2-3,7,10-11H2,1H3,(H,15,16). The smallest absolute Gasteiger partial charge is 0.322 e. The molecule has 1 aromatic rings. The average molecular weight is 284 g/mol. The zero-order valence-electron chi connectivity index (χ0n) is 11.1. The van der Waals surface area contributed by atoms with E-state index in [0.29, 0.717) is 6.42 Å². The molecule has 0 fully saturated rings. The molecule has 0 saturated heterocycles. The fourth-order valence-electron chi connectivity index (χ4n) is 1.89. The highest BCUT2D eigenvalue weighted by atomic mass is 32.2. The summed E-state index contributed by atoms with van der Waals surface area (Å²) in [6.45, 7) is 1.98. The summed E-state index contributed by atoms with van der Waals surface area (Å²) in [4.78, 5) is 11.2. The van der Waals surface area contributed by atoms with Gasteiger partial charge in [0.25, 0.3) is 0 Å². The number of sulfone groups is 1. The predicted octanol–water partition coefficient (Wildman–Crippen LogP) is 2.29. The summed E-state index contributed by atoms with van der Waals surface area (Å²) in [7, 11) is -3.59. The van der Waals surface area contributed by atoms with E-state index in [2.05, 4.69) is 0 Å². The minimum Gasteiger partial charge on any atom is -0.480 e. The van der Waals surface area contributed by atoms with Crippen molar-refractivity contribution in [1.29, 1.82) is 0 Å². The number of hydrogen-bond acceptors (Lipinski definition) is 3. The second-order valence-corrected chi connectivity index (χ2v) is 6.89. The number of carboxylic acid groups (broad SMARTS) is 1. The number of hydrogen-bond donors (Lipinski definition) is 1. The van der Waals surface area contributed by atoms with Crippen LogP contribution in [0, 0.1) is 0 Å². The lowest BCUT2D eigenvalue weighted by Gasteiger charge is -2.13. The summed E-state index contributed by atoms with van der Waals surface area (Å²) in [5.74, 6) is -1.31. The zero-order valence-corrected chi connectivity index (χ0v) is 11.9. The Balaban J connectivity index is 2.80. The first-order valence-corrected chi connectivity index (χ1v) is 8.17. The highest BCUT2D eigenvalue weighted by Gasteiger charge is 2.31. The summed E-state index contributed by atoms with van der Waals surface area (Å²) in [5, 5.41) is 7.81. The van der Waals surface area contributed by atoms with E-state index in [4.69, 9.17) is 5.11 Å². The van der Waals surface area contributed by atoms with Gasteiger partial charge in [0.05, 0.1) is 5.75 Å². The first kappa shape index (κ1) is 15.7. The first-order valence-electron chi connectivity index (χ1n) is 6.45. The van der Waals surface area contributed by atoms with Crippen LogP contribution in [0.25, 0.3) is 0 Å². The molecular weight excluding hydrogens is 264 g/mol. The van der Waals surface area contributed by atoms with E-state index in [1.54, 1.807) is 24.3 Å². The third-order valence-electron chi connectivity index (χ3n) is 3.01. The first-order chi connectivity index (χ1) is 8.97. The monoisotopic (exact) mass is 284 g/mol. The van der Waals surface area contributed by atoms with Crippen LogP contribution in [0.3, 0.4) is 0 Å². The van der Waals surface area contributed by atoms with Gasteiger partial charge in [0.2, 0.25) is 0 Å². The molecule has 0 radical (unpaired) electrons. The van der Waals surface area contributed by atoms with E-state index in [1.165, 1.54) is 0 Å². The highest BCUT2D eigenvalue weighted by molar-refractivity contribution is 7.92. The number of carbonyl (C=O) groups is 1. The summed E-state index contributed by atoms with van der Waals surface area (Å²) in [6.07, 6.45) is 2.27. The lowest BCUT2D eigenvalue weighted by molar-refractivity contribution is -0.136. The highest BCUT2D eigenvalue weighted by Crippen LogP contribution is 2.13. The van der Waals surface area contributed by atoms with Gasteiger partial charge in [-0.1, -0.05) is 50.1 Å². The predicted molar refractivity (Wildman–Crippen MR) is 74.9 cm³/mol. The van der Waals surface area contributed by atoms with Crippen LogP contribution < -0.4 is 0 Å². The van der Waals surface area contributed by atoms with Crippen LogP contribution in [0.15, 0.2) is 30.3 Å². The second kappa shape index (κ2) is 7.28. The molecule has 4 nitrogen and oxygen atoms in total. The van der Waals surface area contributed by atoms with Gasteiger partial charge in [0.15, 0.2) is 15.1 Å². The second-order valence-electron chi connectivity index (χ2n) is 4.59. The Morgan fingerprint density at radius 1 is 1.21 bits per heavy atom. The van der Waals surface area contributed by atoms with Crippen molar-refractivity contribution in [3.05, 3.63) is 35.9 Å². The Hall–Kier alpha value is -1.36. The fourth-order valence-corrected chi connectivity index (χ4v) is 3.54. The number of benzene rings is 1. The molecule has 0 amide bonds. The van der Waals surface area contributed by atoms with E-state index in [9.17, 15) is 13.2 Å². The van der Waals surface area contributed by atoms with Gasteiger partial charge in [0, 0.05) is 0 Å². The van der Waals surface area contributed by atoms with E-state index >= 15 is 0 Å². The summed E-state index contributed by atoms with van der Waals surface area (Å²) in [6, 6.07) is 8.86. The third kappa shape index (κ3) is 5.03. The molecule has 1 N–H and O–H groups in total. The normalized spacial score (nSPS) is 13.1. The van der Waals surface area contributed by atoms with Crippen LogP contribution in [0.4, 0.5) is 0 Å². The molecular formula is C14H20O4S. The Labute approximate surface area is 114 Å². The lowest BCUT2D eigenvalue weighted by atomic mass is 10.1. The Morgan fingerprint density at radius 3 is 2.37 bits per heavy atom. The largest absolute Gasteiger partial charge is 0.480 e. The Kier molecular flexibility index (Phi) is 6.02. The van der Waals surface area contributed by atoms with Crippen LogP contribution in [0.2, 0.25) is 0 Å². The quantitative estimate of drug-likeness (QED) is 0.743. The van der Waals surface area contributed by atoms with Crippen LogP contribution in [-0.4, -0.2) is 30.5 Å². The molecule has 1 aromatic carbocycles. The van der Waals surface area contributed by atoms with Gasteiger partial charge < -0.3 is 5.11 Å². The van der Waals surface area contributed by atoms with Crippen LogP contribution in [-0.2, 0) is 21.1 Å². The van der Waals surface area contributed by atoms with Gasteiger partial charge in [-0.2, -0.15) is 0 Å². The molecule has 0 spiro atoms. The lowest BCUT2D eigenvalue weighted by Crippen LogP contribution is -2.34. The minimum absolute atomic E-state index is 0.0324. The summed E-state index contributed by atoms with van der Waals surface area (Å²) >= 11 is 0. The molecule has 1 atom stereocenters. The minimum atomic E-state index is -3.59. The van der Waals surface area contributed by atoms with Crippen molar-refractivity contribution < 1.29 is 18.3 Å². The van der Waals surface area contributed by atoms with Crippen molar-refractivity contribution in [3.63, 3.8) is 0 Å². The van der Waals surface area contributed by atoms with Crippen molar-refractivity contribution in [2.75, 3.05) is 5.75 Å². The van der Waals surface area contributed by atoms with Crippen LogP contribution in [0.1, 0.15) is 31.7 Å². The maximum Gasteiger partial charge on any atom is 0.322 e. The number of carboxylic acids is 1. The molecule has 0 aliphatic rings. The molecule has 0 aliphatic heterocycles. The Bertz CT molecular complexity index is 493. The topological polar surface area (TPSA) is 71.4 Å². The van der Waals surface area contributed by atoms with Crippen molar-refractivity contribution in [1.82, 2.24) is 0 Å². The van der Waals surface area contributed by atoms with Gasteiger partial charge in [-0.25, -0.2) is 8.42 Å². The summed E-state index contributed by atoms with van der Waals surface area (Å²) < 4.78 is 24.1. The molecule has 0 saturated carbocycles. The average Bonchev–Trinajstić information content (AvgIpc) is 2.37. The van der Waals surface area contributed by atoms with E-state index in [0.717, 1.165) is 18.4 Å². The zero-order chi connectivity index (χ0) is 14.3. The van der Waals surface area contributed by atoms with E-state index in [1.807, 2.05) is 13.0 Å². The van der Waals surface area contributed by atoms with Gasteiger partial charge in [-0.15, -0.1) is 0 Å². The molecule has 5 heteroatoms. The fraction of sp³-hybridized carbons (Fsp3) is 0.500. The molecule has 106 valence electrons. The van der Waals surface area contributed by atoms with Crippen molar-refractivity contribution in [3.8, 4) is 0 Å². The van der Waals surface area contributed by atoms with E-state index in [-0.39, 0.29) is 12.2 Å². The molecule has 1 rings (SSSR count). The van der Waals surface area contributed by atoms with Gasteiger partial charge in [-0.3, -0.25) is 4.79 Å². The summed E-state index contributed by atoms with van der Waals surface area (Å²) in [5.41, 5.74) is 0.731. The van der Waals surface area contributed by atoms with Crippen molar-refractivity contribution >= 4 is 15.8 Å². The Morgan fingerprint density at radius 2 is 1.84 bits per heavy atom. The molecule has 0 aliphatic carbocycles. The van der Waals surface area contributed by atoms with Gasteiger partial charge in [-0.05, 0) is 18.4 Å². The third-order valence-corrected chi connectivity index (χ3v) is 5.10. The number of unbranched alkanes of at least 4 members (excludes halogenated alkanes) is 2. The van der Waals surface area contributed by atoms with Crippen molar-refractivity contribution in [2.45, 2.75) is 37.9 Å². The van der Waals surface area contributed by atoms with Crippen molar-refractivity contribution in [2.24, 2.45) is 0 Å². The molecule has 1 unspecified atom stereocenters. The molecule has 0 heterocycles. The van der Waals surface area contributed by atoms with E-state index < -0.39 is 21.1 Å². The number of rotatable bonds is 8. The maximum absolute atomic E-state index is 12.1. The van der Waals surface area contributed by atoms with Crippen LogP contribution in [0.5, 0.6) is 0 Å². The molecule has 0 bridgehead atoms. The van der Waals surface area contributed by atoms with Crippen LogP contribution >= 0.6 is 0 Å². The molecule has 19 heavy (non-hydrogen) atoms. The SMILES string of the molecule is CCCCCS(=O)(=O)C(Cc1ccccc1)C(=O)O. The maximum atomic E-state index is 12.1. The van der Waals surface area contributed by atoms with Gasteiger partial charge in [0.1, 0.15) is 0 Å². The molecule has 0 aromatic heterocycles. The number of aliphatic carboxylic acids is 1. The van der Waals surface area contributed by atoms with Gasteiger partial charge >= 0.3 is 5.97 Å².